The maximum absolute atomic E-state index is 13.3. The van der Waals surface area contributed by atoms with Gasteiger partial charge in [-0.3, -0.25) is 9.69 Å². The van der Waals surface area contributed by atoms with E-state index in [1.165, 1.54) is 28.7 Å². The van der Waals surface area contributed by atoms with Crippen molar-refractivity contribution in [3.63, 3.8) is 0 Å². The normalized spacial score (nSPS) is 14.1. The minimum atomic E-state index is -0.507. The number of para-hydroxylation sites is 1. The fourth-order valence-electron chi connectivity index (χ4n) is 4.35. The molecular weight excluding hydrogens is 520 g/mol. The first-order chi connectivity index (χ1) is 18.5. The molecule has 0 aliphatic carbocycles. The topological polar surface area (TPSA) is 102 Å². The summed E-state index contributed by atoms with van der Waals surface area (Å²) in [5, 5.41) is 15.5. The molecule has 0 spiro atoms. The van der Waals surface area contributed by atoms with Gasteiger partial charge in [0.1, 0.15) is 5.00 Å². The Kier molecular flexibility index (Phi) is 8.16. The van der Waals surface area contributed by atoms with Gasteiger partial charge in [-0.05, 0) is 54.0 Å². The molecule has 2 aromatic carbocycles. The summed E-state index contributed by atoms with van der Waals surface area (Å²) in [4.78, 5) is 29.7. The monoisotopic (exact) mass is 548 g/mol. The number of esters is 1. The van der Waals surface area contributed by atoms with Crippen molar-refractivity contribution in [2.45, 2.75) is 43.8 Å². The standard InChI is InChI=1S/C27H28N6O3S2/c1-3-36-26(35)23-21-14-15-32(16-19-10-6-4-7-11-19)17-22(21)38-25(23)28-24(34)18(2)37-27-29-30-31-33(27)20-12-8-5-9-13-20/h4-13,18H,3,14-17H2,1-2H3,(H,28,34)/t18-/m0/s1. The zero-order chi connectivity index (χ0) is 26.5. The van der Waals surface area contributed by atoms with Crippen LogP contribution in [0.3, 0.4) is 0 Å². The highest BCUT2D eigenvalue weighted by Gasteiger charge is 2.30. The van der Waals surface area contributed by atoms with Crippen LogP contribution in [0.4, 0.5) is 5.00 Å². The van der Waals surface area contributed by atoms with Crippen molar-refractivity contribution < 1.29 is 14.3 Å². The summed E-state index contributed by atoms with van der Waals surface area (Å²) in [6, 6.07) is 19.8. The van der Waals surface area contributed by atoms with Crippen LogP contribution < -0.4 is 5.32 Å². The summed E-state index contributed by atoms with van der Waals surface area (Å²) >= 11 is 2.71. The number of aromatic nitrogens is 4. The summed E-state index contributed by atoms with van der Waals surface area (Å²) in [7, 11) is 0. The van der Waals surface area contributed by atoms with E-state index < -0.39 is 11.2 Å². The molecule has 0 radical (unpaired) electrons. The molecule has 11 heteroatoms. The highest BCUT2D eigenvalue weighted by molar-refractivity contribution is 8.00. The van der Waals surface area contributed by atoms with Gasteiger partial charge >= 0.3 is 5.97 Å². The van der Waals surface area contributed by atoms with Crippen molar-refractivity contribution >= 4 is 40.0 Å². The number of fused-ring (bicyclic) bond motifs is 1. The number of nitrogens with zero attached hydrogens (tertiary/aromatic N) is 5. The largest absolute Gasteiger partial charge is 0.462 e. The lowest BCUT2D eigenvalue weighted by molar-refractivity contribution is -0.115. The Balaban J connectivity index is 1.33. The Bertz CT molecular complexity index is 1410. The molecule has 0 saturated carbocycles. The van der Waals surface area contributed by atoms with Crippen LogP contribution in [0.1, 0.15) is 40.2 Å². The van der Waals surface area contributed by atoms with E-state index in [1.54, 1.807) is 18.5 Å². The lowest BCUT2D eigenvalue weighted by Gasteiger charge is -2.27. The molecule has 4 aromatic rings. The molecule has 0 saturated heterocycles. The summed E-state index contributed by atoms with van der Waals surface area (Å²) in [6.07, 6.45) is 0.721. The van der Waals surface area contributed by atoms with E-state index >= 15 is 0 Å². The van der Waals surface area contributed by atoms with Crippen molar-refractivity contribution in [2.24, 2.45) is 0 Å². The molecule has 1 atom stereocenters. The molecule has 1 aliphatic heterocycles. The highest BCUT2D eigenvalue weighted by Crippen LogP contribution is 2.38. The van der Waals surface area contributed by atoms with Crippen LogP contribution in [0.5, 0.6) is 0 Å². The summed E-state index contributed by atoms with van der Waals surface area (Å²) in [6.45, 7) is 6.22. The SMILES string of the molecule is CCOC(=O)c1c(NC(=O)[C@H](C)Sc2nnnn2-c2ccccc2)sc2c1CCN(Cc1ccccc1)C2. The van der Waals surface area contributed by atoms with Gasteiger partial charge in [0.2, 0.25) is 11.1 Å². The van der Waals surface area contributed by atoms with Gasteiger partial charge in [-0.15, -0.1) is 16.4 Å². The fraction of sp³-hybridized carbons (Fsp3) is 0.296. The predicted molar refractivity (Wildman–Crippen MR) is 148 cm³/mol. The van der Waals surface area contributed by atoms with E-state index in [0.29, 0.717) is 22.3 Å². The molecule has 1 amide bonds. The molecule has 1 N–H and O–H groups in total. The average molecular weight is 549 g/mol. The van der Waals surface area contributed by atoms with Gasteiger partial charge in [-0.25, -0.2) is 4.79 Å². The van der Waals surface area contributed by atoms with Crippen molar-refractivity contribution in [3.05, 3.63) is 82.2 Å². The van der Waals surface area contributed by atoms with Crippen LogP contribution in [0, 0.1) is 0 Å². The second-order valence-corrected chi connectivity index (χ2v) is 11.2. The lowest BCUT2D eigenvalue weighted by atomic mass is 10.0. The zero-order valence-electron chi connectivity index (χ0n) is 21.2. The molecule has 9 nitrogen and oxygen atoms in total. The summed E-state index contributed by atoms with van der Waals surface area (Å²) in [5.41, 5.74) is 3.51. The number of benzene rings is 2. The zero-order valence-corrected chi connectivity index (χ0v) is 22.8. The second kappa shape index (κ2) is 11.9. The smallest absolute Gasteiger partial charge is 0.341 e. The van der Waals surface area contributed by atoms with Gasteiger partial charge < -0.3 is 10.1 Å². The maximum Gasteiger partial charge on any atom is 0.341 e. The number of hydrogen-bond donors (Lipinski definition) is 1. The molecule has 0 fully saturated rings. The number of amides is 1. The summed E-state index contributed by atoms with van der Waals surface area (Å²) < 4.78 is 6.98. The van der Waals surface area contributed by atoms with Crippen molar-refractivity contribution in [1.82, 2.24) is 25.1 Å². The second-order valence-electron chi connectivity index (χ2n) is 8.83. The Morgan fingerprint density at radius 1 is 1.13 bits per heavy atom. The average Bonchev–Trinajstić information content (AvgIpc) is 3.53. The molecule has 38 heavy (non-hydrogen) atoms. The predicted octanol–water partition coefficient (Wildman–Crippen LogP) is 4.58. The third-order valence-corrected chi connectivity index (χ3v) is 8.36. The summed E-state index contributed by atoms with van der Waals surface area (Å²) in [5.74, 6) is -0.631. The molecular formula is C27H28N6O3S2. The van der Waals surface area contributed by atoms with Crippen molar-refractivity contribution in [3.8, 4) is 5.69 Å². The van der Waals surface area contributed by atoms with Crippen LogP contribution in [-0.4, -0.2) is 55.4 Å². The number of thioether (sulfide) groups is 1. The van der Waals surface area contributed by atoms with Crippen LogP contribution in [0.25, 0.3) is 5.69 Å². The van der Waals surface area contributed by atoms with Gasteiger partial charge in [-0.2, -0.15) is 4.68 Å². The van der Waals surface area contributed by atoms with Crippen LogP contribution in [-0.2, 0) is 29.0 Å². The molecule has 2 aromatic heterocycles. The van der Waals surface area contributed by atoms with Gasteiger partial charge in [0.15, 0.2) is 0 Å². The number of nitrogens with one attached hydrogen (secondary N) is 1. The molecule has 1 aliphatic rings. The quantitative estimate of drug-likeness (QED) is 0.240. The number of hydrogen-bond acceptors (Lipinski definition) is 9. The van der Waals surface area contributed by atoms with E-state index in [4.69, 9.17) is 4.74 Å². The van der Waals surface area contributed by atoms with E-state index in [2.05, 4.69) is 37.9 Å². The highest BCUT2D eigenvalue weighted by atomic mass is 32.2. The van der Waals surface area contributed by atoms with Gasteiger partial charge in [0.25, 0.3) is 0 Å². The van der Waals surface area contributed by atoms with Crippen molar-refractivity contribution in [1.29, 1.82) is 0 Å². The number of carbonyl (C=O) groups is 2. The van der Waals surface area contributed by atoms with E-state index in [0.717, 1.165) is 35.6 Å². The number of ether oxygens (including phenoxy) is 1. The Morgan fingerprint density at radius 3 is 2.61 bits per heavy atom. The third-order valence-electron chi connectivity index (χ3n) is 6.19. The Morgan fingerprint density at radius 2 is 1.87 bits per heavy atom. The van der Waals surface area contributed by atoms with E-state index in [1.807, 2.05) is 48.5 Å². The molecule has 3 heterocycles. The number of anilines is 1. The number of tetrazole rings is 1. The minimum Gasteiger partial charge on any atom is -0.462 e. The van der Waals surface area contributed by atoms with Gasteiger partial charge in [0.05, 0.1) is 23.1 Å². The molecule has 0 bridgehead atoms. The Labute approximate surface area is 229 Å². The lowest BCUT2D eigenvalue weighted by Crippen LogP contribution is -2.30. The van der Waals surface area contributed by atoms with E-state index in [9.17, 15) is 9.59 Å². The van der Waals surface area contributed by atoms with Crippen LogP contribution in [0.2, 0.25) is 0 Å². The first kappa shape index (κ1) is 26.1. The van der Waals surface area contributed by atoms with Gasteiger partial charge in [-0.1, -0.05) is 60.3 Å². The van der Waals surface area contributed by atoms with Gasteiger partial charge in [0, 0.05) is 24.5 Å². The van der Waals surface area contributed by atoms with Crippen LogP contribution in [0.15, 0.2) is 65.8 Å². The number of rotatable bonds is 9. The van der Waals surface area contributed by atoms with Crippen LogP contribution >= 0.6 is 23.1 Å². The number of carbonyl (C=O) groups excluding carboxylic acids is 2. The minimum absolute atomic E-state index is 0.233. The van der Waals surface area contributed by atoms with E-state index in [-0.39, 0.29) is 12.5 Å². The molecule has 5 rings (SSSR count). The third kappa shape index (κ3) is 5.79. The first-order valence-corrected chi connectivity index (χ1v) is 14.1. The fourth-order valence-corrected chi connectivity index (χ4v) is 6.44. The molecule has 196 valence electrons. The molecule has 0 unspecified atom stereocenters. The number of thiophene rings is 1. The van der Waals surface area contributed by atoms with Crippen molar-refractivity contribution in [2.75, 3.05) is 18.5 Å². The first-order valence-electron chi connectivity index (χ1n) is 12.4. The Hall–Kier alpha value is -3.54. The maximum atomic E-state index is 13.3.